The molecule has 0 atom stereocenters. The molecule has 0 heterocycles. The number of hydrogen-bond acceptors (Lipinski definition) is 2. The number of hydrogen-bond donors (Lipinski definition) is 0. The van der Waals surface area contributed by atoms with Crippen LogP contribution in [0, 0.1) is 0 Å². The molecule has 1 rings (SSSR count). The molecule has 0 fully saturated rings. The fraction of sp³-hybridized carbons (Fsp3) is 0.300. The van der Waals surface area contributed by atoms with E-state index < -0.39 is 9.76 Å². The minimum atomic E-state index is -1.57. The first kappa shape index (κ1) is 13.7. The molecule has 2 nitrogen and oxygen atoms in total. The van der Waals surface area contributed by atoms with Gasteiger partial charge in [-0.25, -0.2) is 4.79 Å². The van der Waals surface area contributed by atoms with Gasteiger partial charge >= 0.3 is 5.97 Å². The number of carbonyl (C=O) groups excluding carboxylic acids is 1. The molecule has 0 amide bonds. The Labute approximate surface area is 110 Å². The minimum Gasteiger partial charge on any atom is -0.458 e. The van der Waals surface area contributed by atoms with Crippen molar-refractivity contribution in [1.29, 1.82) is 0 Å². The number of esters is 1. The fourth-order valence-corrected chi connectivity index (χ4v) is 1.27. The van der Waals surface area contributed by atoms with Crippen molar-refractivity contribution in [2.45, 2.75) is 10.1 Å². The Bertz CT molecular complexity index is 359. The highest BCUT2D eigenvalue weighted by atomic mass is 35.6. The van der Waals surface area contributed by atoms with Gasteiger partial charge in [-0.2, -0.15) is 0 Å². The van der Waals surface area contributed by atoms with Gasteiger partial charge in [-0.05, 0) is 12.1 Å². The summed E-state index contributed by atoms with van der Waals surface area (Å²) in [6.45, 7) is -0.258. The van der Waals surface area contributed by atoms with Crippen molar-refractivity contribution in [2.75, 3.05) is 6.61 Å². The lowest BCUT2D eigenvalue weighted by molar-refractivity contribution is 0.0512. The smallest absolute Gasteiger partial charge is 0.338 e. The molecule has 0 spiro atoms. The summed E-state index contributed by atoms with van der Waals surface area (Å²) in [5.41, 5.74) is 1.60. The summed E-state index contributed by atoms with van der Waals surface area (Å²) in [5, 5.41) is 0. The van der Waals surface area contributed by atoms with Gasteiger partial charge in [0, 0.05) is 0 Å². The van der Waals surface area contributed by atoms with Gasteiger partial charge in [0.25, 0.3) is 0 Å². The van der Waals surface area contributed by atoms with Crippen molar-refractivity contribution in [3.63, 3.8) is 0 Å². The van der Waals surface area contributed by atoms with Gasteiger partial charge in [-0.1, -0.05) is 58.8 Å². The van der Waals surface area contributed by atoms with Crippen LogP contribution in [0.5, 0.6) is 0 Å². The van der Waals surface area contributed by atoms with E-state index in [2.05, 4.69) is 0 Å². The Morgan fingerprint density at radius 2 is 1.81 bits per heavy atom. The first-order chi connectivity index (χ1) is 7.42. The van der Waals surface area contributed by atoms with Crippen molar-refractivity contribution in [3.05, 3.63) is 35.4 Å². The van der Waals surface area contributed by atoms with Gasteiger partial charge in [0.2, 0.25) is 3.79 Å². The Kier molecular flexibility index (Phi) is 4.97. The number of rotatable bonds is 3. The first-order valence-electron chi connectivity index (χ1n) is 4.75. The van der Waals surface area contributed by atoms with Crippen LogP contribution in [0.25, 0.3) is 0 Å². The van der Waals surface area contributed by atoms with Crippen LogP contribution >= 0.6 is 34.8 Å². The van der Waals surface area contributed by atoms with E-state index in [-0.39, 0.29) is 6.61 Å². The third kappa shape index (κ3) is 4.64. The Morgan fingerprint density at radius 3 is 2.25 bits per heavy atom. The molecule has 0 bridgehead atoms. The van der Waals surface area contributed by atoms with E-state index in [1.807, 2.05) is 20.0 Å². The molecule has 0 aliphatic carbocycles. The van der Waals surface area contributed by atoms with Gasteiger partial charge in [-0.3, -0.25) is 0 Å². The van der Waals surface area contributed by atoms with Crippen LogP contribution in [-0.2, 0) is 11.1 Å². The van der Waals surface area contributed by atoms with E-state index in [0.717, 1.165) is 11.9 Å². The maximum atomic E-state index is 11.5. The van der Waals surface area contributed by atoms with Crippen LogP contribution in [0.3, 0.4) is 0 Å². The van der Waals surface area contributed by atoms with Gasteiger partial charge < -0.3 is 4.74 Å². The van der Waals surface area contributed by atoms with E-state index in [0.29, 0.717) is 5.56 Å². The minimum absolute atomic E-state index is 0.258. The highest BCUT2D eigenvalue weighted by molar-refractivity contribution is 6.67. The average Bonchev–Trinajstić information content (AvgIpc) is 2.25. The summed E-state index contributed by atoms with van der Waals surface area (Å²) in [6, 6.07) is 7.12. The summed E-state index contributed by atoms with van der Waals surface area (Å²) in [5.74, 6) is -0.492. The Balaban J connectivity index is 2.59. The van der Waals surface area contributed by atoms with Crippen LogP contribution in [-0.4, -0.2) is 24.2 Å². The van der Waals surface area contributed by atoms with E-state index >= 15 is 0 Å². The molecule has 0 aliphatic heterocycles. The number of alkyl halides is 3. The first-order valence-corrected chi connectivity index (χ1v) is 5.88. The van der Waals surface area contributed by atoms with Crippen LogP contribution in [0.4, 0.5) is 0 Å². The van der Waals surface area contributed by atoms with E-state index in [1.54, 1.807) is 12.1 Å². The molecule has 0 N–H and O–H groups in total. The maximum Gasteiger partial charge on any atom is 0.338 e. The topological polar surface area (TPSA) is 26.3 Å². The standard InChI is InChI=1S/C10H10BCl3O2/c11-5-7-1-3-8(4-2-7)9(15)16-6-10(12,13)14/h1-4H,5-6,11H2. The SMILES string of the molecule is BCc1ccc(C(=O)OCC(Cl)(Cl)Cl)cc1. The molecule has 1 aromatic rings. The summed E-state index contributed by atoms with van der Waals surface area (Å²) in [4.78, 5) is 11.5. The Hall–Kier alpha value is -0.375. The van der Waals surface area contributed by atoms with E-state index in [4.69, 9.17) is 39.5 Å². The molecule has 0 saturated heterocycles. The predicted octanol–water partition coefficient (Wildman–Crippen LogP) is 2.35. The number of benzene rings is 1. The summed E-state index contributed by atoms with van der Waals surface area (Å²) in [6.07, 6.45) is 0.920. The fourth-order valence-electron chi connectivity index (χ4n) is 1.11. The molecule has 86 valence electrons. The van der Waals surface area contributed by atoms with Crippen LogP contribution in [0.15, 0.2) is 24.3 Å². The van der Waals surface area contributed by atoms with Crippen molar-refractivity contribution in [3.8, 4) is 0 Å². The van der Waals surface area contributed by atoms with Crippen molar-refractivity contribution < 1.29 is 9.53 Å². The monoisotopic (exact) mass is 278 g/mol. The van der Waals surface area contributed by atoms with E-state index in [9.17, 15) is 4.79 Å². The molecule has 0 aromatic heterocycles. The molecule has 6 heteroatoms. The molecular weight excluding hydrogens is 269 g/mol. The van der Waals surface area contributed by atoms with Crippen molar-refractivity contribution in [1.82, 2.24) is 0 Å². The molecular formula is C10H10BCl3O2. The highest BCUT2D eigenvalue weighted by Gasteiger charge is 2.22. The Morgan fingerprint density at radius 1 is 1.25 bits per heavy atom. The van der Waals surface area contributed by atoms with Crippen molar-refractivity contribution >= 4 is 48.6 Å². The van der Waals surface area contributed by atoms with Crippen LogP contribution in [0.1, 0.15) is 15.9 Å². The van der Waals surface area contributed by atoms with E-state index in [1.165, 1.54) is 0 Å². The summed E-state index contributed by atoms with van der Waals surface area (Å²) >= 11 is 16.4. The maximum absolute atomic E-state index is 11.5. The average molecular weight is 279 g/mol. The third-order valence-corrected chi connectivity index (χ3v) is 2.29. The lowest BCUT2D eigenvalue weighted by Crippen LogP contribution is -2.17. The molecule has 0 aliphatic rings. The number of ether oxygens (including phenoxy) is 1. The molecule has 0 saturated carbocycles. The van der Waals surface area contributed by atoms with Crippen LogP contribution in [0.2, 0.25) is 0 Å². The number of carbonyl (C=O) groups is 1. The summed E-state index contributed by atoms with van der Waals surface area (Å²) < 4.78 is 3.26. The van der Waals surface area contributed by atoms with Crippen molar-refractivity contribution in [2.24, 2.45) is 0 Å². The van der Waals surface area contributed by atoms with Crippen LogP contribution < -0.4 is 0 Å². The number of halogens is 3. The second kappa shape index (κ2) is 5.81. The predicted molar refractivity (Wildman–Crippen MR) is 69.3 cm³/mol. The quantitative estimate of drug-likeness (QED) is 0.482. The lowest BCUT2D eigenvalue weighted by Gasteiger charge is -2.11. The van der Waals surface area contributed by atoms with Gasteiger partial charge in [-0.15, -0.1) is 0 Å². The highest BCUT2D eigenvalue weighted by Crippen LogP contribution is 2.26. The molecule has 1 aromatic carbocycles. The lowest BCUT2D eigenvalue weighted by atomic mass is 9.96. The molecule has 0 radical (unpaired) electrons. The third-order valence-electron chi connectivity index (χ3n) is 1.96. The summed E-state index contributed by atoms with van der Waals surface area (Å²) in [7, 11) is 2.04. The second-order valence-electron chi connectivity index (χ2n) is 3.24. The molecule has 16 heavy (non-hydrogen) atoms. The normalized spacial score (nSPS) is 11.2. The zero-order valence-corrected chi connectivity index (χ0v) is 10.9. The largest absolute Gasteiger partial charge is 0.458 e. The van der Waals surface area contributed by atoms with Gasteiger partial charge in [0.15, 0.2) is 0 Å². The molecule has 0 unspecified atom stereocenters. The van der Waals surface area contributed by atoms with Gasteiger partial charge in [0.1, 0.15) is 14.5 Å². The van der Waals surface area contributed by atoms with Gasteiger partial charge in [0.05, 0.1) is 5.56 Å². The zero-order chi connectivity index (χ0) is 12.2. The zero-order valence-electron chi connectivity index (χ0n) is 8.67. The second-order valence-corrected chi connectivity index (χ2v) is 5.76.